The molecule has 2 saturated heterocycles. The Bertz CT molecular complexity index is 1260. The molecule has 0 radical (unpaired) electrons. The highest BCUT2D eigenvalue weighted by atomic mass is 35.5. The van der Waals surface area contributed by atoms with Crippen LogP contribution in [0.2, 0.25) is 5.02 Å². The normalized spacial score (nSPS) is 21.1. The van der Waals surface area contributed by atoms with Crippen LogP contribution in [0.5, 0.6) is 5.75 Å². The summed E-state index contributed by atoms with van der Waals surface area (Å²) in [5.41, 5.74) is 5.76. The van der Waals surface area contributed by atoms with Gasteiger partial charge in [0, 0.05) is 51.3 Å². The van der Waals surface area contributed by atoms with Crippen molar-refractivity contribution < 1.29 is 22.6 Å². The summed E-state index contributed by atoms with van der Waals surface area (Å²) in [4.78, 5) is 21.2. The van der Waals surface area contributed by atoms with Gasteiger partial charge in [-0.25, -0.2) is 33.1 Å². The van der Waals surface area contributed by atoms with Crippen molar-refractivity contribution in [3.8, 4) is 5.75 Å². The summed E-state index contributed by atoms with van der Waals surface area (Å²) in [6.07, 6.45) is 7.68. The van der Waals surface area contributed by atoms with Crippen LogP contribution in [0.25, 0.3) is 0 Å². The van der Waals surface area contributed by atoms with Gasteiger partial charge in [-0.05, 0) is 24.5 Å². The second-order valence-electron chi connectivity index (χ2n) is 9.55. The van der Waals surface area contributed by atoms with Crippen molar-refractivity contribution in [3.63, 3.8) is 0 Å². The van der Waals surface area contributed by atoms with Crippen molar-refractivity contribution >= 4 is 23.5 Å². The average molecular weight is 550 g/mol. The number of hydrogen-bond acceptors (Lipinski definition) is 9. The van der Waals surface area contributed by atoms with E-state index in [-0.39, 0.29) is 12.1 Å². The number of rotatable bonds is 7. The molecule has 2 N–H and O–H groups in total. The molecular formula is C25H27ClF3N7O2. The Morgan fingerprint density at radius 3 is 2.18 bits per heavy atom. The first-order valence-electron chi connectivity index (χ1n) is 12.1. The maximum atomic E-state index is 14.3. The number of halogens is 4. The minimum atomic E-state index is -1.23. The van der Waals surface area contributed by atoms with Gasteiger partial charge in [0.05, 0.1) is 29.8 Å². The Balaban J connectivity index is 1.18. The summed E-state index contributed by atoms with van der Waals surface area (Å²) < 4.78 is 53.2. The van der Waals surface area contributed by atoms with E-state index in [0.29, 0.717) is 67.8 Å². The Labute approximate surface area is 222 Å². The highest BCUT2D eigenvalue weighted by Gasteiger charge is 2.37. The fourth-order valence-electron chi connectivity index (χ4n) is 4.90. The molecular weight excluding hydrogens is 523 g/mol. The van der Waals surface area contributed by atoms with Gasteiger partial charge in [-0.1, -0.05) is 11.6 Å². The number of methoxy groups -OCH3 is 1. The molecule has 13 heteroatoms. The molecule has 1 aromatic carbocycles. The van der Waals surface area contributed by atoms with Crippen LogP contribution in [0.1, 0.15) is 24.3 Å². The molecule has 0 bridgehead atoms. The van der Waals surface area contributed by atoms with Gasteiger partial charge in [0.2, 0.25) is 11.9 Å². The maximum Gasteiger partial charge on any atom is 0.225 e. The van der Waals surface area contributed by atoms with Gasteiger partial charge in [0.15, 0.2) is 17.4 Å². The summed E-state index contributed by atoms with van der Waals surface area (Å²) in [7, 11) is 1.67. The van der Waals surface area contributed by atoms with Crippen LogP contribution in [-0.2, 0) is 4.74 Å². The van der Waals surface area contributed by atoms with Gasteiger partial charge in [-0.3, -0.25) is 0 Å². The van der Waals surface area contributed by atoms with Gasteiger partial charge in [0.25, 0.3) is 0 Å². The van der Waals surface area contributed by atoms with E-state index < -0.39 is 35.0 Å². The highest BCUT2D eigenvalue weighted by Crippen LogP contribution is 2.32. The van der Waals surface area contributed by atoms with Gasteiger partial charge < -0.3 is 25.0 Å². The van der Waals surface area contributed by atoms with Gasteiger partial charge >= 0.3 is 0 Å². The molecule has 38 heavy (non-hydrogen) atoms. The standard InChI is InChI=1S/C25H27ClF3N7O2/c1-37-25(2-4-35(5-3-25)23-31-8-15(26)9-32-23)14-38-16-10-33-24(34-11-16)36-12-18(22(30)13-36)17-6-20(28)21(29)7-19(17)27/h6-11,18,22H,2-5,12-14,30H2,1H3. The number of benzene rings is 1. The van der Waals surface area contributed by atoms with Gasteiger partial charge in [-0.2, -0.15) is 0 Å². The third kappa shape index (κ3) is 5.47. The van der Waals surface area contributed by atoms with E-state index in [2.05, 4.69) is 24.8 Å². The quantitative estimate of drug-likeness (QED) is 0.444. The Morgan fingerprint density at radius 1 is 0.921 bits per heavy atom. The van der Waals surface area contributed by atoms with E-state index >= 15 is 0 Å². The van der Waals surface area contributed by atoms with Crippen molar-refractivity contribution in [2.24, 2.45) is 5.73 Å². The molecule has 2 aliphatic heterocycles. The molecule has 5 rings (SSSR count). The molecule has 2 unspecified atom stereocenters. The predicted molar refractivity (Wildman–Crippen MR) is 135 cm³/mol. The third-order valence-electron chi connectivity index (χ3n) is 7.20. The van der Waals surface area contributed by atoms with Crippen molar-refractivity contribution in [1.29, 1.82) is 0 Å². The molecule has 202 valence electrons. The average Bonchev–Trinajstić information content (AvgIpc) is 3.32. The van der Waals surface area contributed by atoms with Crippen LogP contribution < -0.4 is 20.3 Å². The van der Waals surface area contributed by atoms with E-state index in [0.717, 1.165) is 6.07 Å². The smallest absolute Gasteiger partial charge is 0.225 e. The van der Waals surface area contributed by atoms with Crippen molar-refractivity contribution in [3.05, 3.63) is 65.0 Å². The van der Waals surface area contributed by atoms with Gasteiger partial charge in [-0.15, -0.1) is 0 Å². The number of anilines is 2. The molecule has 2 aliphatic rings. The molecule has 2 fully saturated rings. The van der Waals surface area contributed by atoms with E-state index in [1.165, 1.54) is 0 Å². The number of hydrogen-bond donors (Lipinski definition) is 1. The first-order valence-corrected chi connectivity index (χ1v) is 12.5. The summed E-state index contributed by atoms with van der Waals surface area (Å²) in [5, 5.41) is 0.489. The van der Waals surface area contributed by atoms with E-state index in [9.17, 15) is 13.2 Å². The minimum Gasteiger partial charge on any atom is -0.487 e. The second-order valence-corrected chi connectivity index (χ2v) is 9.98. The largest absolute Gasteiger partial charge is 0.487 e. The molecule has 0 spiro atoms. The number of ether oxygens (including phenoxy) is 2. The lowest BCUT2D eigenvalue weighted by atomic mass is 9.92. The Morgan fingerprint density at radius 2 is 1.53 bits per heavy atom. The SMILES string of the molecule is COC1(COc2cnc(N3CC(N)C(c4cc(F)c(F)cc4F)C3)nc2)CCN(c2ncc(Cl)cn2)CC1. The van der Waals surface area contributed by atoms with Crippen LogP contribution in [-0.4, -0.2) is 71.5 Å². The summed E-state index contributed by atoms with van der Waals surface area (Å²) in [5.74, 6) is -2.21. The fourth-order valence-corrected chi connectivity index (χ4v) is 4.99. The van der Waals surface area contributed by atoms with E-state index in [1.807, 2.05) is 0 Å². The molecule has 0 aliphatic carbocycles. The third-order valence-corrected chi connectivity index (χ3v) is 7.40. The minimum absolute atomic E-state index is 0.0392. The summed E-state index contributed by atoms with van der Waals surface area (Å²) in [6, 6.07) is 0.916. The summed E-state index contributed by atoms with van der Waals surface area (Å²) in [6.45, 7) is 2.31. The predicted octanol–water partition coefficient (Wildman–Crippen LogP) is 3.33. The lowest BCUT2D eigenvalue weighted by molar-refractivity contribution is -0.0606. The molecule has 2 atom stereocenters. The highest BCUT2D eigenvalue weighted by molar-refractivity contribution is 6.30. The molecule has 9 nitrogen and oxygen atoms in total. The molecule has 0 amide bonds. The number of nitrogens with two attached hydrogens (primary N) is 1. The zero-order chi connectivity index (χ0) is 26.9. The fraction of sp³-hybridized carbons (Fsp3) is 0.440. The van der Waals surface area contributed by atoms with Crippen molar-refractivity contribution in [1.82, 2.24) is 19.9 Å². The second kappa shape index (κ2) is 10.9. The van der Waals surface area contributed by atoms with E-state index in [4.69, 9.17) is 26.8 Å². The number of piperidine rings is 1. The first-order chi connectivity index (χ1) is 18.3. The number of aromatic nitrogens is 4. The zero-order valence-corrected chi connectivity index (χ0v) is 21.4. The molecule has 3 aromatic rings. The van der Waals surface area contributed by atoms with Crippen LogP contribution in [0, 0.1) is 17.5 Å². The van der Waals surface area contributed by atoms with Gasteiger partial charge in [0.1, 0.15) is 18.0 Å². The Kier molecular flexibility index (Phi) is 7.55. The van der Waals surface area contributed by atoms with E-state index in [1.54, 1.807) is 36.8 Å². The van der Waals surface area contributed by atoms with Crippen LogP contribution in [0.3, 0.4) is 0 Å². The lowest BCUT2D eigenvalue weighted by Gasteiger charge is -2.40. The molecule has 4 heterocycles. The maximum absolute atomic E-state index is 14.3. The monoisotopic (exact) mass is 549 g/mol. The van der Waals surface area contributed by atoms with Crippen molar-refractivity contribution in [2.45, 2.75) is 30.4 Å². The zero-order valence-electron chi connectivity index (χ0n) is 20.7. The Hall–Kier alpha value is -3.22. The topological polar surface area (TPSA) is 103 Å². The molecule has 0 saturated carbocycles. The van der Waals surface area contributed by atoms with Crippen molar-refractivity contribution in [2.75, 3.05) is 49.7 Å². The lowest BCUT2D eigenvalue weighted by Crippen LogP contribution is -2.49. The van der Waals surface area contributed by atoms with Crippen LogP contribution in [0.4, 0.5) is 25.1 Å². The first kappa shape index (κ1) is 26.4. The number of nitrogens with zero attached hydrogens (tertiary/aromatic N) is 6. The van der Waals surface area contributed by atoms with Crippen LogP contribution in [0.15, 0.2) is 36.9 Å². The molecule has 2 aromatic heterocycles. The van der Waals surface area contributed by atoms with Crippen LogP contribution >= 0.6 is 11.6 Å². The summed E-state index contributed by atoms with van der Waals surface area (Å²) >= 11 is 5.88.